The number of hydrogen-bond donors (Lipinski definition) is 2. The van der Waals surface area contributed by atoms with E-state index in [1.807, 2.05) is 69.6 Å². The zero-order chi connectivity index (χ0) is 39.9. The topological polar surface area (TPSA) is 107 Å². The minimum Gasteiger partial charge on any atom is -0.456 e. The number of ether oxygens (including phenoxy) is 1. The molecule has 1 aliphatic heterocycles. The van der Waals surface area contributed by atoms with Gasteiger partial charge in [0.2, 0.25) is 0 Å². The highest BCUT2D eigenvalue weighted by molar-refractivity contribution is 7.90. The molecule has 2 heterocycles. The molecule has 5 aromatic carbocycles. The van der Waals surface area contributed by atoms with Gasteiger partial charge in [-0.25, -0.2) is 13.1 Å². The van der Waals surface area contributed by atoms with Crippen LogP contribution in [0.2, 0.25) is 5.02 Å². The number of rotatable bonds is 14. The van der Waals surface area contributed by atoms with Crippen LogP contribution in [0.5, 0.6) is 11.5 Å². The van der Waals surface area contributed by atoms with Gasteiger partial charge in [0.1, 0.15) is 11.5 Å². The number of carbonyl (C=O) groups is 1. The largest absolute Gasteiger partial charge is 0.456 e. The molecule has 57 heavy (non-hydrogen) atoms. The Hall–Kier alpha value is -5.46. The highest BCUT2D eigenvalue weighted by Crippen LogP contribution is 2.33. The second-order valence-corrected chi connectivity index (χ2v) is 16.7. The Morgan fingerprint density at radius 1 is 0.877 bits per heavy atom. The van der Waals surface area contributed by atoms with Crippen molar-refractivity contribution in [2.45, 2.75) is 24.8 Å². The molecule has 2 N–H and O–H groups in total. The van der Waals surface area contributed by atoms with Crippen LogP contribution in [0.25, 0.3) is 21.9 Å². The molecule has 6 aromatic rings. The number of sulfonamides is 1. The van der Waals surface area contributed by atoms with Crippen LogP contribution in [0.4, 0.5) is 11.4 Å². The molecule has 0 aliphatic carbocycles. The summed E-state index contributed by atoms with van der Waals surface area (Å²) in [5, 5.41) is 5.95. The number of anilines is 2. The van der Waals surface area contributed by atoms with Crippen molar-refractivity contribution in [2.24, 2.45) is 0 Å². The first kappa shape index (κ1) is 39.8. The number of halogens is 1. The molecule has 0 spiro atoms. The highest BCUT2D eigenvalue weighted by Gasteiger charge is 2.25. The molecule has 1 fully saturated rings. The first-order valence-corrected chi connectivity index (χ1v) is 20.9. The van der Waals surface area contributed by atoms with Crippen molar-refractivity contribution in [1.82, 2.24) is 19.5 Å². The second kappa shape index (κ2) is 17.8. The smallest absolute Gasteiger partial charge is 0.268 e. The number of nitrogens with zero attached hydrogens (tertiary/aromatic N) is 4. The highest BCUT2D eigenvalue weighted by atomic mass is 35.5. The van der Waals surface area contributed by atoms with E-state index in [1.54, 1.807) is 30.6 Å². The molecule has 1 aromatic heterocycles. The molecule has 294 valence electrons. The van der Waals surface area contributed by atoms with Crippen LogP contribution in [0.15, 0.2) is 126 Å². The minimum atomic E-state index is -4.21. The number of amides is 1. The summed E-state index contributed by atoms with van der Waals surface area (Å²) in [6, 6.07) is 34.0. The van der Waals surface area contributed by atoms with Crippen LogP contribution in [0, 0.1) is 6.92 Å². The van der Waals surface area contributed by atoms with Gasteiger partial charge in [-0.1, -0.05) is 54.1 Å². The lowest BCUT2D eigenvalue weighted by atomic mass is 9.99. The molecule has 0 unspecified atom stereocenters. The van der Waals surface area contributed by atoms with Gasteiger partial charge >= 0.3 is 0 Å². The predicted octanol–water partition coefficient (Wildman–Crippen LogP) is 8.46. The van der Waals surface area contributed by atoms with E-state index in [0.29, 0.717) is 10.8 Å². The molecule has 1 aliphatic rings. The molecular formula is C45H47ClN6O4S. The minimum absolute atomic E-state index is 0.00182. The average Bonchev–Trinajstić information content (AvgIpc) is 3.20. The van der Waals surface area contributed by atoms with E-state index >= 15 is 0 Å². The van der Waals surface area contributed by atoms with Gasteiger partial charge in [0, 0.05) is 79.5 Å². The lowest BCUT2D eigenvalue weighted by Crippen LogP contribution is -2.46. The van der Waals surface area contributed by atoms with Crippen LogP contribution in [0.1, 0.15) is 27.9 Å². The third-order valence-corrected chi connectivity index (χ3v) is 11.8. The summed E-state index contributed by atoms with van der Waals surface area (Å²) in [6.45, 7) is 7.51. The molecule has 1 saturated heterocycles. The summed E-state index contributed by atoms with van der Waals surface area (Å²) in [5.41, 5.74) is 6.15. The fourth-order valence-electron chi connectivity index (χ4n) is 7.06. The van der Waals surface area contributed by atoms with Gasteiger partial charge in [0.25, 0.3) is 15.9 Å². The fourth-order valence-corrected chi connectivity index (χ4v) is 8.24. The van der Waals surface area contributed by atoms with Gasteiger partial charge in [-0.3, -0.25) is 14.7 Å². The van der Waals surface area contributed by atoms with E-state index in [2.05, 4.69) is 66.1 Å². The first-order chi connectivity index (χ1) is 27.5. The maximum absolute atomic E-state index is 13.9. The number of aryl methyl sites for hydroxylation is 1. The Labute approximate surface area is 340 Å². The van der Waals surface area contributed by atoms with Gasteiger partial charge in [0.15, 0.2) is 0 Å². The van der Waals surface area contributed by atoms with E-state index in [-0.39, 0.29) is 16.2 Å². The van der Waals surface area contributed by atoms with E-state index in [4.69, 9.17) is 16.3 Å². The van der Waals surface area contributed by atoms with Crippen LogP contribution >= 0.6 is 11.6 Å². The van der Waals surface area contributed by atoms with E-state index in [1.165, 1.54) is 17.2 Å². The van der Waals surface area contributed by atoms with Gasteiger partial charge in [-0.2, -0.15) is 0 Å². The Morgan fingerprint density at radius 3 is 2.44 bits per heavy atom. The summed E-state index contributed by atoms with van der Waals surface area (Å²) in [6.07, 6.45) is 4.42. The number of benzene rings is 5. The second-order valence-electron chi connectivity index (χ2n) is 14.6. The van der Waals surface area contributed by atoms with Crippen molar-refractivity contribution in [3.05, 3.63) is 143 Å². The lowest BCUT2D eigenvalue weighted by Gasteiger charge is -2.36. The van der Waals surface area contributed by atoms with Gasteiger partial charge in [0.05, 0.1) is 10.5 Å². The SMILES string of the molecule is Cc1cc(S(=O)(=O)NC(=O)c2ccc(N3CCN(Cc4ccccc4-c4ccc(Cl)cc4)CC3)cc2Oc2ccc3ccncc3c2)ccc1NCCCN(C)C. The number of aromatic nitrogens is 1. The number of piperazine rings is 1. The van der Waals surface area contributed by atoms with Gasteiger partial charge in [-0.15, -0.1) is 0 Å². The van der Waals surface area contributed by atoms with Gasteiger partial charge < -0.3 is 19.9 Å². The molecule has 1 amide bonds. The maximum atomic E-state index is 13.9. The summed E-state index contributed by atoms with van der Waals surface area (Å²) < 4.78 is 35.9. The summed E-state index contributed by atoms with van der Waals surface area (Å²) >= 11 is 6.16. The predicted molar refractivity (Wildman–Crippen MR) is 230 cm³/mol. The fraction of sp³-hybridized carbons (Fsp3) is 0.244. The Balaban J connectivity index is 1.09. The Kier molecular flexibility index (Phi) is 12.4. The number of hydrogen-bond acceptors (Lipinski definition) is 9. The van der Waals surface area contributed by atoms with E-state index in [9.17, 15) is 13.2 Å². The first-order valence-electron chi connectivity index (χ1n) is 19.1. The van der Waals surface area contributed by atoms with Crippen LogP contribution < -0.4 is 19.7 Å². The standard InChI is InChI=1S/C45H47ClN6O4S/c1-32-27-40(16-18-43(32)48-20-6-22-50(2)3)57(54,55)49-45(53)42-17-14-38(29-44(42)56-39-15-11-33-19-21-47-30-36(33)28-39)52-25-23-51(24-26-52)31-35-7-4-5-8-41(35)34-9-12-37(46)13-10-34/h4-5,7-19,21,27-30,48H,6,20,22-26,31H2,1-3H3,(H,49,53). The third kappa shape index (κ3) is 9.92. The number of nitrogens with one attached hydrogen (secondary N) is 2. The molecule has 0 atom stereocenters. The summed E-state index contributed by atoms with van der Waals surface area (Å²) in [4.78, 5) is 24.9. The zero-order valence-electron chi connectivity index (χ0n) is 32.4. The number of fused-ring (bicyclic) bond motifs is 1. The van der Waals surface area contributed by atoms with Crippen LogP contribution in [-0.4, -0.2) is 82.5 Å². The van der Waals surface area contributed by atoms with Crippen LogP contribution in [0.3, 0.4) is 0 Å². The average molecular weight is 803 g/mol. The zero-order valence-corrected chi connectivity index (χ0v) is 34.0. The normalized spacial score (nSPS) is 13.5. The lowest BCUT2D eigenvalue weighted by molar-refractivity contribution is 0.0979. The summed E-state index contributed by atoms with van der Waals surface area (Å²) in [5.74, 6) is -0.0408. The molecule has 12 heteroatoms. The van der Waals surface area contributed by atoms with E-state index < -0.39 is 15.9 Å². The third-order valence-electron chi connectivity index (χ3n) is 10.2. The molecule has 7 rings (SSSR count). The molecule has 0 saturated carbocycles. The van der Waals surface area contributed by atoms with Gasteiger partial charge in [-0.05, 0) is 122 Å². The monoisotopic (exact) mass is 802 g/mol. The van der Waals surface area contributed by atoms with Crippen molar-refractivity contribution in [2.75, 3.05) is 63.6 Å². The van der Waals surface area contributed by atoms with Crippen molar-refractivity contribution in [1.29, 1.82) is 0 Å². The molecule has 10 nitrogen and oxygen atoms in total. The molecular weight excluding hydrogens is 756 g/mol. The molecule has 0 radical (unpaired) electrons. The Bertz CT molecular complexity index is 2470. The van der Waals surface area contributed by atoms with Crippen molar-refractivity contribution < 1.29 is 17.9 Å². The van der Waals surface area contributed by atoms with Crippen molar-refractivity contribution >= 4 is 49.7 Å². The quantitative estimate of drug-likeness (QED) is 0.105. The summed E-state index contributed by atoms with van der Waals surface area (Å²) in [7, 11) is -0.155. The van der Waals surface area contributed by atoms with E-state index in [0.717, 1.165) is 85.5 Å². The Morgan fingerprint density at radius 2 is 1.67 bits per heavy atom. The molecule has 0 bridgehead atoms. The number of carbonyl (C=O) groups excluding carboxylic acids is 1. The van der Waals surface area contributed by atoms with Crippen molar-refractivity contribution in [3.8, 4) is 22.6 Å². The van der Waals surface area contributed by atoms with Crippen molar-refractivity contribution in [3.63, 3.8) is 0 Å². The maximum Gasteiger partial charge on any atom is 0.268 e. The number of pyridine rings is 1. The van der Waals surface area contributed by atoms with Crippen LogP contribution in [-0.2, 0) is 16.6 Å².